The third-order valence-corrected chi connectivity index (χ3v) is 2.17. The Morgan fingerprint density at radius 3 is 2.17 bits per heavy atom. The van der Waals surface area contributed by atoms with Crippen molar-refractivity contribution >= 4 is 0 Å². The lowest BCUT2D eigenvalue weighted by atomic mass is 9.97. The highest BCUT2D eigenvalue weighted by Crippen LogP contribution is 2.18. The fourth-order valence-corrected chi connectivity index (χ4v) is 1.53. The molecule has 2 nitrogen and oxygen atoms in total. The highest BCUT2D eigenvalue weighted by molar-refractivity contribution is 5.36. The van der Waals surface area contributed by atoms with E-state index in [4.69, 9.17) is 11.5 Å². The Kier molecular flexibility index (Phi) is 2.84. The Hall–Kier alpha value is -0.860. The van der Waals surface area contributed by atoms with Gasteiger partial charge in [-0.25, -0.2) is 0 Å². The van der Waals surface area contributed by atoms with Crippen LogP contribution in [0.1, 0.15) is 22.7 Å². The van der Waals surface area contributed by atoms with Gasteiger partial charge in [-0.05, 0) is 30.5 Å². The number of rotatable bonds is 2. The fraction of sp³-hybridized carbons (Fsp3) is 0.400. The van der Waals surface area contributed by atoms with Crippen LogP contribution in [0.15, 0.2) is 18.2 Å². The second-order valence-corrected chi connectivity index (χ2v) is 3.15. The van der Waals surface area contributed by atoms with Gasteiger partial charge in [-0.15, -0.1) is 0 Å². The number of benzene rings is 1. The summed E-state index contributed by atoms with van der Waals surface area (Å²) < 4.78 is 0. The largest absolute Gasteiger partial charge is 0.329 e. The minimum atomic E-state index is -0.0220. The van der Waals surface area contributed by atoms with Gasteiger partial charge in [0.25, 0.3) is 0 Å². The highest BCUT2D eigenvalue weighted by Gasteiger charge is 2.08. The summed E-state index contributed by atoms with van der Waals surface area (Å²) in [5, 5.41) is 0. The molecule has 0 saturated carbocycles. The van der Waals surface area contributed by atoms with Gasteiger partial charge in [-0.1, -0.05) is 18.2 Å². The predicted octanol–water partition coefficient (Wildman–Crippen LogP) is 1.26. The van der Waals surface area contributed by atoms with Crippen molar-refractivity contribution in [2.75, 3.05) is 6.54 Å². The Bertz CT molecular complexity index is 248. The molecule has 0 aromatic heterocycles. The van der Waals surface area contributed by atoms with Crippen molar-refractivity contribution in [2.45, 2.75) is 19.9 Å². The normalized spacial score (nSPS) is 13.0. The second-order valence-electron chi connectivity index (χ2n) is 3.15. The first-order valence-corrected chi connectivity index (χ1v) is 4.18. The van der Waals surface area contributed by atoms with Gasteiger partial charge in [-0.3, -0.25) is 0 Å². The summed E-state index contributed by atoms with van der Waals surface area (Å²) in [6.45, 7) is 4.64. The van der Waals surface area contributed by atoms with Crippen LogP contribution in [0.3, 0.4) is 0 Å². The van der Waals surface area contributed by atoms with E-state index in [-0.39, 0.29) is 6.04 Å². The summed E-state index contributed by atoms with van der Waals surface area (Å²) in [5.74, 6) is 0. The van der Waals surface area contributed by atoms with Crippen LogP contribution < -0.4 is 11.5 Å². The summed E-state index contributed by atoms with van der Waals surface area (Å²) >= 11 is 0. The maximum atomic E-state index is 5.87. The van der Waals surface area contributed by atoms with Gasteiger partial charge in [0.15, 0.2) is 0 Å². The molecule has 1 atom stereocenters. The molecule has 1 rings (SSSR count). The van der Waals surface area contributed by atoms with Gasteiger partial charge < -0.3 is 11.5 Å². The SMILES string of the molecule is Cc1cccc(C)c1[C@@H](N)CN. The van der Waals surface area contributed by atoms with Crippen LogP contribution in [0.2, 0.25) is 0 Å². The van der Waals surface area contributed by atoms with Crippen molar-refractivity contribution in [2.24, 2.45) is 11.5 Å². The first-order chi connectivity index (χ1) is 5.66. The van der Waals surface area contributed by atoms with E-state index in [0.717, 1.165) is 0 Å². The average Bonchev–Trinajstić information content (AvgIpc) is 2.03. The molecule has 0 saturated heterocycles. The van der Waals surface area contributed by atoms with Crippen molar-refractivity contribution in [1.82, 2.24) is 0 Å². The standard InChI is InChI=1S/C10H16N2/c1-7-4-3-5-8(2)10(7)9(12)6-11/h3-5,9H,6,11-12H2,1-2H3/t9-/m0/s1. The van der Waals surface area contributed by atoms with Gasteiger partial charge in [0, 0.05) is 12.6 Å². The first-order valence-electron chi connectivity index (χ1n) is 4.18. The second kappa shape index (κ2) is 3.70. The topological polar surface area (TPSA) is 52.0 Å². The zero-order chi connectivity index (χ0) is 9.14. The van der Waals surface area contributed by atoms with E-state index >= 15 is 0 Å². The molecule has 0 fully saturated rings. The van der Waals surface area contributed by atoms with Crippen LogP contribution in [0, 0.1) is 13.8 Å². The third kappa shape index (κ3) is 1.65. The molecule has 0 bridgehead atoms. The minimum Gasteiger partial charge on any atom is -0.329 e. The first kappa shape index (κ1) is 9.23. The van der Waals surface area contributed by atoms with Crippen LogP contribution in [0.25, 0.3) is 0 Å². The van der Waals surface area contributed by atoms with Crippen LogP contribution >= 0.6 is 0 Å². The average molecular weight is 164 g/mol. The molecule has 12 heavy (non-hydrogen) atoms. The smallest absolute Gasteiger partial charge is 0.0424 e. The molecular weight excluding hydrogens is 148 g/mol. The Morgan fingerprint density at radius 2 is 1.75 bits per heavy atom. The van der Waals surface area contributed by atoms with Crippen molar-refractivity contribution in [3.8, 4) is 0 Å². The number of hydrogen-bond donors (Lipinski definition) is 2. The maximum absolute atomic E-state index is 5.87. The summed E-state index contributed by atoms with van der Waals surface area (Å²) in [6.07, 6.45) is 0. The molecule has 4 N–H and O–H groups in total. The minimum absolute atomic E-state index is 0.0220. The summed E-state index contributed by atoms with van der Waals surface area (Å²) in [4.78, 5) is 0. The van der Waals surface area contributed by atoms with E-state index in [1.165, 1.54) is 16.7 Å². The van der Waals surface area contributed by atoms with Gasteiger partial charge in [0.2, 0.25) is 0 Å². The van der Waals surface area contributed by atoms with Crippen molar-refractivity contribution in [1.29, 1.82) is 0 Å². The van der Waals surface area contributed by atoms with Crippen LogP contribution in [0.4, 0.5) is 0 Å². The quantitative estimate of drug-likeness (QED) is 0.691. The van der Waals surface area contributed by atoms with E-state index in [1.807, 2.05) is 6.07 Å². The molecule has 0 aliphatic heterocycles. The van der Waals surface area contributed by atoms with Gasteiger partial charge in [0.1, 0.15) is 0 Å². The molecule has 0 aliphatic rings. The maximum Gasteiger partial charge on any atom is 0.0424 e. The summed E-state index contributed by atoms with van der Waals surface area (Å²) in [5.41, 5.74) is 15.0. The van der Waals surface area contributed by atoms with E-state index in [2.05, 4.69) is 26.0 Å². The van der Waals surface area contributed by atoms with E-state index in [1.54, 1.807) is 0 Å². The molecule has 0 unspecified atom stereocenters. The molecule has 0 amide bonds. The molecule has 0 radical (unpaired) electrons. The van der Waals surface area contributed by atoms with Gasteiger partial charge >= 0.3 is 0 Å². The molecule has 0 heterocycles. The number of aryl methyl sites for hydroxylation is 2. The van der Waals surface area contributed by atoms with Crippen molar-refractivity contribution < 1.29 is 0 Å². The predicted molar refractivity (Wildman–Crippen MR) is 51.9 cm³/mol. The van der Waals surface area contributed by atoms with Crippen LogP contribution in [-0.2, 0) is 0 Å². The number of hydrogen-bond acceptors (Lipinski definition) is 2. The zero-order valence-corrected chi connectivity index (χ0v) is 7.67. The lowest BCUT2D eigenvalue weighted by molar-refractivity contribution is 0.726. The van der Waals surface area contributed by atoms with Crippen LogP contribution in [0.5, 0.6) is 0 Å². The van der Waals surface area contributed by atoms with E-state index < -0.39 is 0 Å². The summed E-state index contributed by atoms with van der Waals surface area (Å²) in [7, 11) is 0. The highest BCUT2D eigenvalue weighted by atomic mass is 14.7. The van der Waals surface area contributed by atoms with Gasteiger partial charge in [0.05, 0.1) is 0 Å². The molecular formula is C10H16N2. The molecule has 1 aromatic rings. The molecule has 0 aliphatic carbocycles. The Labute approximate surface area is 73.6 Å². The van der Waals surface area contributed by atoms with E-state index in [9.17, 15) is 0 Å². The van der Waals surface area contributed by atoms with Crippen molar-refractivity contribution in [3.63, 3.8) is 0 Å². The fourth-order valence-electron chi connectivity index (χ4n) is 1.53. The zero-order valence-electron chi connectivity index (χ0n) is 7.67. The lowest BCUT2D eigenvalue weighted by Crippen LogP contribution is -2.22. The lowest BCUT2D eigenvalue weighted by Gasteiger charge is -2.15. The molecule has 66 valence electrons. The third-order valence-electron chi connectivity index (χ3n) is 2.17. The van der Waals surface area contributed by atoms with Gasteiger partial charge in [-0.2, -0.15) is 0 Å². The molecule has 2 heteroatoms. The summed E-state index contributed by atoms with van der Waals surface area (Å²) in [6, 6.07) is 6.15. The Morgan fingerprint density at radius 1 is 1.25 bits per heavy atom. The Balaban J connectivity index is 3.12. The monoisotopic (exact) mass is 164 g/mol. The van der Waals surface area contributed by atoms with Crippen LogP contribution in [-0.4, -0.2) is 6.54 Å². The van der Waals surface area contributed by atoms with E-state index in [0.29, 0.717) is 6.54 Å². The number of nitrogens with two attached hydrogens (primary N) is 2. The molecule has 1 aromatic carbocycles. The van der Waals surface area contributed by atoms with Crippen molar-refractivity contribution in [3.05, 3.63) is 34.9 Å². The molecule has 0 spiro atoms.